The van der Waals surface area contributed by atoms with Crippen LogP contribution < -0.4 is 0 Å². The summed E-state index contributed by atoms with van der Waals surface area (Å²) in [6, 6.07) is 5.93. The Morgan fingerprint density at radius 2 is 2.21 bits per heavy atom. The summed E-state index contributed by atoms with van der Waals surface area (Å²) in [5.41, 5.74) is 3.21. The third kappa shape index (κ3) is 3.64. The third-order valence-corrected chi connectivity index (χ3v) is 3.89. The van der Waals surface area contributed by atoms with Gasteiger partial charge in [-0.2, -0.15) is 5.10 Å². The van der Waals surface area contributed by atoms with E-state index in [4.69, 9.17) is 4.74 Å². The molecule has 0 atom stereocenters. The number of rotatable bonds is 6. The normalized spacial score (nSPS) is 10.9. The molecule has 0 aliphatic heterocycles. The summed E-state index contributed by atoms with van der Waals surface area (Å²) in [5.74, 6) is 0. The minimum atomic E-state index is 0.566. The van der Waals surface area contributed by atoms with Gasteiger partial charge in [-0.05, 0) is 34.5 Å². The Morgan fingerprint density at radius 3 is 2.84 bits per heavy atom. The molecule has 0 aromatic carbocycles. The van der Waals surface area contributed by atoms with Crippen molar-refractivity contribution in [1.29, 1.82) is 0 Å². The topological polar surface area (TPSA) is 39.9 Å². The van der Waals surface area contributed by atoms with E-state index in [1.165, 1.54) is 0 Å². The van der Waals surface area contributed by atoms with E-state index in [0.717, 1.165) is 34.4 Å². The number of hydrogen-bond donors (Lipinski definition) is 0. The molecule has 5 heteroatoms. The molecule has 19 heavy (non-hydrogen) atoms. The maximum atomic E-state index is 5.71. The van der Waals surface area contributed by atoms with E-state index in [2.05, 4.69) is 32.9 Å². The molecule has 0 saturated heterocycles. The molecule has 0 unspecified atom stereocenters. The minimum Gasteiger partial charge on any atom is -0.375 e. The first-order valence-corrected chi connectivity index (χ1v) is 7.19. The van der Waals surface area contributed by atoms with Crippen LogP contribution in [0.4, 0.5) is 0 Å². The van der Waals surface area contributed by atoms with Crippen LogP contribution in [0.2, 0.25) is 0 Å². The van der Waals surface area contributed by atoms with Crippen molar-refractivity contribution in [2.45, 2.75) is 26.4 Å². The average Bonchev–Trinajstić information content (AvgIpc) is 2.71. The highest BCUT2D eigenvalue weighted by Gasteiger charge is 2.12. The molecule has 102 valence electrons. The van der Waals surface area contributed by atoms with Crippen LogP contribution in [0.15, 0.2) is 28.9 Å². The van der Waals surface area contributed by atoms with Gasteiger partial charge >= 0.3 is 0 Å². The highest BCUT2D eigenvalue weighted by molar-refractivity contribution is 9.10. The van der Waals surface area contributed by atoms with E-state index >= 15 is 0 Å². The molecule has 0 aliphatic carbocycles. The van der Waals surface area contributed by atoms with Gasteiger partial charge in [-0.25, -0.2) is 0 Å². The van der Waals surface area contributed by atoms with Gasteiger partial charge in [0.05, 0.1) is 29.1 Å². The first-order valence-electron chi connectivity index (χ1n) is 6.40. The van der Waals surface area contributed by atoms with Gasteiger partial charge in [0, 0.05) is 25.4 Å². The second-order valence-electron chi connectivity index (χ2n) is 4.31. The standard InChI is InChI=1S/C14H18BrN3O/c1-3-12-14(15)13(18(2)17-12)10-19-9-7-11-6-4-5-8-16-11/h4-6,8H,3,7,9-10H2,1-2H3. The predicted molar refractivity (Wildman–Crippen MR) is 77.9 cm³/mol. The van der Waals surface area contributed by atoms with Crippen LogP contribution >= 0.6 is 15.9 Å². The van der Waals surface area contributed by atoms with Gasteiger partial charge in [-0.15, -0.1) is 0 Å². The van der Waals surface area contributed by atoms with E-state index in [-0.39, 0.29) is 0 Å². The zero-order valence-electron chi connectivity index (χ0n) is 11.3. The lowest BCUT2D eigenvalue weighted by Crippen LogP contribution is -2.04. The number of halogens is 1. The fourth-order valence-corrected chi connectivity index (χ4v) is 2.60. The van der Waals surface area contributed by atoms with Crippen molar-refractivity contribution in [3.05, 3.63) is 46.0 Å². The van der Waals surface area contributed by atoms with Gasteiger partial charge in [0.15, 0.2) is 0 Å². The first-order chi connectivity index (χ1) is 9.22. The molecule has 0 bridgehead atoms. The fourth-order valence-electron chi connectivity index (χ4n) is 1.87. The van der Waals surface area contributed by atoms with Crippen molar-refractivity contribution >= 4 is 15.9 Å². The number of ether oxygens (including phenoxy) is 1. The third-order valence-electron chi connectivity index (χ3n) is 2.97. The van der Waals surface area contributed by atoms with Gasteiger partial charge in [-0.1, -0.05) is 13.0 Å². The lowest BCUT2D eigenvalue weighted by molar-refractivity contribution is 0.117. The Morgan fingerprint density at radius 1 is 1.37 bits per heavy atom. The lowest BCUT2D eigenvalue weighted by Gasteiger charge is -2.05. The first kappa shape index (κ1) is 14.2. The SMILES string of the molecule is CCc1nn(C)c(COCCc2ccccn2)c1Br. The molecular weight excluding hydrogens is 306 g/mol. The maximum absolute atomic E-state index is 5.71. The number of aromatic nitrogens is 3. The molecule has 0 fully saturated rings. The van der Waals surface area contributed by atoms with Crippen LogP contribution in [-0.2, 0) is 31.2 Å². The lowest BCUT2D eigenvalue weighted by atomic mass is 10.3. The quantitative estimate of drug-likeness (QED) is 0.767. The van der Waals surface area contributed by atoms with E-state index < -0.39 is 0 Å². The van der Waals surface area contributed by atoms with E-state index in [9.17, 15) is 0 Å². The summed E-state index contributed by atoms with van der Waals surface area (Å²) in [4.78, 5) is 4.27. The smallest absolute Gasteiger partial charge is 0.0896 e. The molecule has 2 aromatic heterocycles. The molecule has 0 amide bonds. The number of pyridine rings is 1. The molecule has 0 aliphatic rings. The molecular formula is C14H18BrN3O. The second-order valence-corrected chi connectivity index (χ2v) is 5.10. The van der Waals surface area contributed by atoms with Crippen molar-refractivity contribution < 1.29 is 4.74 Å². The molecule has 0 spiro atoms. The van der Waals surface area contributed by atoms with Gasteiger partial charge in [0.1, 0.15) is 0 Å². The van der Waals surface area contributed by atoms with E-state index in [1.807, 2.05) is 29.9 Å². The zero-order chi connectivity index (χ0) is 13.7. The minimum absolute atomic E-state index is 0.566. The number of aryl methyl sites for hydroxylation is 2. The summed E-state index contributed by atoms with van der Waals surface area (Å²) in [7, 11) is 1.95. The Bertz CT molecular complexity index is 525. The van der Waals surface area contributed by atoms with Gasteiger partial charge in [-0.3, -0.25) is 9.67 Å². The van der Waals surface area contributed by atoms with Gasteiger partial charge in [0.25, 0.3) is 0 Å². The maximum Gasteiger partial charge on any atom is 0.0896 e. The Hall–Kier alpha value is -1.20. The summed E-state index contributed by atoms with van der Waals surface area (Å²) in [6.45, 7) is 3.33. The predicted octanol–water partition coefficient (Wildman–Crippen LogP) is 2.90. The van der Waals surface area contributed by atoms with Crippen molar-refractivity contribution in [1.82, 2.24) is 14.8 Å². The molecule has 4 nitrogen and oxygen atoms in total. The Balaban J connectivity index is 1.85. The van der Waals surface area contributed by atoms with Gasteiger partial charge in [0.2, 0.25) is 0 Å². The van der Waals surface area contributed by atoms with Crippen LogP contribution in [0.5, 0.6) is 0 Å². The van der Waals surface area contributed by atoms with Crippen molar-refractivity contribution in [3.8, 4) is 0 Å². The Kier molecular flexibility index (Phi) is 5.10. The monoisotopic (exact) mass is 323 g/mol. The highest BCUT2D eigenvalue weighted by Crippen LogP contribution is 2.22. The van der Waals surface area contributed by atoms with Crippen LogP contribution in [-0.4, -0.2) is 21.4 Å². The number of nitrogens with zero attached hydrogens (tertiary/aromatic N) is 3. The molecule has 0 saturated carbocycles. The van der Waals surface area contributed by atoms with Crippen molar-refractivity contribution in [2.75, 3.05) is 6.61 Å². The summed E-state index contributed by atoms with van der Waals surface area (Å²) < 4.78 is 8.66. The summed E-state index contributed by atoms with van der Waals surface area (Å²) >= 11 is 3.58. The Labute approximate surface area is 121 Å². The highest BCUT2D eigenvalue weighted by atomic mass is 79.9. The second kappa shape index (κ2) is 6.82. The molecule has 0 radical (unpaired) electrons. The van der Waals surface area contributed by atoms with Crippen LogP contribution in [0.1, 0.15) is 24.0 Å². The molecule has 2 aromatic rings. The zero-order valence-corrected chi connectivity index (χ0v) is 12.9. The molecule has 0 N–H and O–H groups in total. The molecule has 2 rings (SSSR count). The van der Waals surface area contributed by atoms with Gasteiger partial charge < -0.3 is 4.74 Å². The van der Waals surface area contributed by atoms with Crippen molar-refractivity contribution in [3.63, 3.8) is 0 Å². The van der Waals surface area contributed by atoms with Crippen LogP contribution in [0, 0.1) is 0 Å². The largest absolute Gasteiger partial charge is 0.375 e. The molecule has 2 heterocycles. The summed E-state index contributed by atoms with van der Waals surface area (Å²) in [6.07, 6.45) is 3.56. The van der Waals surface area contributed by atoms with Crippen molar-refractivity contribution in [2.24, 2.45) is 7.05 Å². The number of hydrogen-bond acceptors (Lipinski definition) is 3. The summed E-state index contributed by atoms with van der Waals surface area (Å²) in [5, 5.41) is 4.44. The van der Waals surface area contributed by atoms with Crippen LogP contribution in [0.3, 0.4) is 0 Å². The van der Waals surface area contributed by atoms with E-state index in [1.54, 1.807) is 6.20 Å². The average molecular weight is 324 g/mol. The fraction of sp³-hybridized carbons (Fsp3) is 0.429. The van der Waals surface area contributed by atoms with Crippen LogP contribution in [0.25, 0.3) is 0 Å². The van der Waals surface area contributed by atoms with E-state index in [0.29, 0.717) is 13.2 Å².